The van der Waals surface area contributed by atoms with Crippen molar-refractivity contribution in [3.05, 3.63) is 70.6 Å². The molecule has 3 rings (SSSR count). The van der Waals surface area contributed by atoms with Crippen LogP contribution < -0.4 is 5.32 Å². The molecule has 0 aliphatic heterocycles. The van der Waals surface area contributed by atoms with Crippen molar-refractivity contribution in [1.82, 2.24) is 14.8 Å². The van der Waals surface area contributed by atoms with E-state index in [1.54, 1.807) is 31.2 Å². The summed E-state index contributed by atoms with van der Waals surface area (Å²) in [5.74, 6) is -0.218. The number of nitrogens with one attached hydrogen (secondary N) is 1. The average molecular weight is 381 g/mol. The molecule has 26 heavy (non-hydrogen) atoms. The Bertz CT molecular complexity index is 934. The molecule has 1 N–H and O–H groups in total. The van der Waals surface area contributed by atoms with Gasteiger partial charge in [0.15, 0.2) is 5.82 Å². The molecule has 9 heteroatoms. The van der Waals surface area contributed by atoms with E-state index >= 15 is 0 Å². The molecule has 5 nitrogen and oxygen atoms in total. The lowest BCUT2D eigenvalue weighted by molar-refractivity contribution is -0.137. The Morgan fingerprint density at radius 1 is 1.12 bits per heavy atom. The number of pyridine rings is 1. The summed E-state index contributed by atoms with van der Waals surface area (Å²) in [5.41, 5.74) is 0.427. The third-order valence-corrected chi connectivity index (χ3v) is 3.90. The highest BCUT2D eigenvalue weighted by molar-refractivity contribution is 6.30. The summed E-state index contributed by atoms with van der Waals surface area (Å²) in [4.78, 5) is 16.2. The first-order chi connectivity index (χ1) is 12.3. The summed E-state index contributed by atoms with van der Waals surface area (Å²) >= 11 is 5.80. The number of hydrogen-bond donors (Lipinski definition) is 1. The predicted octanol–water partition coefficient (Wildman–Crippen LogP) is 4.50. The Kier molecular flexibility index (Phi) is 4.69. The third kappa shape index (κ3) is 3.70. The van der Waals surface area contributed by atoms with Crippen LogP contribution in [-0.2, 0) is 6.18 Å². The van der Waals surface area contributed by atoms with Gasteiger partial charge in [-0.25, -0.2) is 9.67 Å². The van der Waals surface area contributed by atoms with Crippen molar-refractivity contribution in [3.8, 4) is 5.82 Å². The number of anilines is 1. The Morgan fingerprint density at radius 2 is 1.81 bits per heavy atom. The van der Waals surface area contributed by atoms with Crippen LogP contribution in [0, 0.1) is 6.92 Å². The number of benzene rings is 1. The monoisotopic (exact) mass is 380 g/mol. The maximum atomic E-state index is 12.6. The second-order valence-electron chi connectivity index (χ2n) is 5.42. The van der Waals surface area contributed by atoms with Crippen molar-refractivity contribution in [2.75, 3.05) is 5.32 Å². The molecule has 0 spiro atoms. The Labute approximate surface area is 151 Å². The van der Waals surface area contributed by atoms with Crippen LogP contribution in [-0.4, -0.2) is 20.7 Å². The summed E-state index contributed by atoms with van der Waals surface area (Å²) in [5, 5.41) is 7.29. The lowest BCUT2D eigenvalue weighted by Crippen LogP contribution is -2.13. The number of rotatable bonds is 3. The van der Waals surface area contributed by atoms with Gasteiger partial charge in [0, 0.05) is 16.9 Å². The van der Waals surface area contributed by atoms with E-state index in [4.69, 9.17) is 11.6 Å². The van der Waals surface area contributed by atoms with E-state index in [1.165, 1.54) is 16.9 Å². The minimum atomic E-state index is -4.46. The molecule has 3 aromatic rings. The van der Waals surface area contributed by atoms with Crippen LogP contribution in [0.25, 0.3) is 5.82 Å². The van der Waals surface area contributed by atoms with Crippen molar-refractivity contribution < 1.29 is 18.0 Å². The molecule has 0 aliphatic carbocycles. The number of carbonyl (C=O) groups excluding carboxylic acids is 1. The highest BCUT2D eigenvalue weighted by atomic mass is 35.5. The van der Waals surface area contributed by atoms with Gasteiger partial charge in [-0.1, -0.05) is 11.6 Å². The first-order valence-corrected chi connectivity index (χ1v) is 7.78. The molecule has 0 bridgehead atoms. The third-order valence-electron chi connectivity index (χ3n) is 3.65. The van der Waals surface area contributed by atoms with Crippen LogP contribution in [0.15, 0.2) is 48.8 Å². The number of hydrogen-bond acceptors (Lipinski definition) is 3. The van der Waals surface area contributed by atoms with Gasteiger partial charge in [0.2, 0.25) is 0 Å². The van der Waals surface area contributed by atoms with Gasteiger partial charge in [0.05, 0.1) is 23.0 Å². The smallest absolute Gasteiger partial charge is 0.322 e. The zero-order valence-electron chi connectivity index (χ0n) is 13.4. The maximum Gasteiger partial charge on any atom is 0.417 e. The fourth-order valence-electron chi connectivity index (χ4n) is 2.27. The van der Waals surface area contributed by atoms with Gasteiger partial charge in [-0.05, 0) is 43.3 Å². The number of nitrogens with zero attached hydrogens (tertiary/aromatic N) is 3. The molecule has 2 heterocycles. The van der Waals surface area contributed by atoms with Gasteiger partial charge in [-0.15, -0.1) is 0 Å². The Hall–Kier alpha value is -2.87. The second-order valence-corrected chi connectivity index (χ2v) is 5.86. The zero-order valence-corrected chi connectivity index (χ0v) is 14.1. The van der Waals surface area contributed by atoms with Gasteiger partial charge < -0.3 is 5.32 Å². The predicted molar refractivity (Wildman–Crippen MR) is 90.5 cm³/mol. The number of alkyl halides is 3. The summed E-state index contributed by atoms with van der Waals surface area (Å²) in [6.45, 7) is 1.63. The molecule has 0 atom stereocenters. The van der Waals surface area contributed by atoms with Crippen LogP contribution in [0.1, 0.15) is 21.6 Å². The molecular formula is C17H12ClF3N4O. The molecule has 0 saturated carbocycles. The molecule has 1 aromatic carbocycles. The van der Waals surface area contributed by atoms with Gasteiger partial charge in [0.1, 0.15) is 0 Å². The maximum absolute atomic E-state index is 12.6. The molecule has 0 saturated heterocycles. The Morgan fingerprint density at radius 3 is 2.38 bits per heavy atom. The summed E-state index contributed by atoms with van der Waals surface area (Å²) in [7, 11) is 0. The summed E-state index contributed by atoms with van der Waals surface area (Å²) < 4.78 is 39.2. The number of aromatic nitrogens is 3. The molecule has 0 radical (unpaired) electrons. The average Bonchev–Trinajstić information content (AvgIpc) is 2.98. The minimum absolute atomic E-state index is 0.182. The quantitative estimate of drug-likeness (QED) is 0.727. The molecule has 134 valence electrons. The van der Waals surface area contributed by atoms with Crippen molar-refractivity contribution >= 4 is 23.2 Å². The van der Waals surface area contributed by atoms with Crippen molar-refractivity contribution in [3.63, 3.8) is 0 Å². The van der Waals surface area contributed by atoms with Gasteiger partial charge in [-0.3, -0.25) is 4.79 Å². The SMILES string of the molecule is Cc1c(C(=O)Nc2ccc(Cl)cc2)cnn1-c1ccc(C(F)(F)F)cn1. The van der Waals surface area contributed by atoms with Crippen molar-refractivity contribution in [1.29, 1.82) is 0 Å². The van der Waals surface area contributed by atoms with Crippen molar-refractivity contribution in [2.45, 2.75) is 13.1 Å². The second kappa shape index (κ2) is 6.80. The van der Waals surface area contributed by atoms with Crippen LogP contribution in [0.4, 0.5) is 18.9 Å². The van der Waals surface area contributed by atoms with E-state index in [0.717, 1.165) is 12.3 Å². The van der Waals surface area contributed by atoms with E-state index < -0.39 is 17.6 Å². The number of halogens is 4. The van der Waals surface area contributed by atoms with Crippen LogP contribution in [0.3, 0.4) is 0 Å². The fourth-order valence-corrected chi connectivity index (χ4v) is 2.40. The van der Waals surface area contributed by atoms with E-state index in [9.17, 15) is 18.0 Å². The van der Waals surface area contributed by atoms with Crippen LogP contribution in [0.2, 0.25) is 5.02 Å². The highest BCUT2D eigenvalue weighted by Gasteiger charge is 2.30. The molecule has 2 aromatic heterocycles. The molecule has 0 unspecified atom stereocenters. The van der Waals surface area contributed by atoms with Gasteiger partial charge in [-0.2, -0.15) is 18.3 Å². The summed E-state index contributed by atoms with van der Waals surface area (Å²) in [6.07, 6.45) is -2.40. The van der Waals surface area contributed by atoms with Crippen LogP contribution in [0.5, 0.6) is 0 Å². The highest BCUT2D eigenvalue weighted by Crippen LogP contribution is 2.28. The first-order valence-electron chi connectivity index (χ1n) is 7.41. The number of carbonyl (C=O) groups is 1. The first kappa shape index (κ1) is 17.9. The Balaban J connectivity index is 1.83. The number of amides is 1. The van der Waals surface area contributed by atoms with Crippen molar-refractivity contribution in [2.24, 2.45) is 0 Å². The lowest BCUT2D eigenvalue weighted by atomic mass is 10.2. The normalized spacial score (nSPS) is 11.4. The van der Waals surface area contributed by atoms with E-state index in [0.29, 0.717) is 16.4 Å². The molecule has 0 fully saturated rings. The van der Waals surface area contributed by atoms with E-state index in [2.05, 4.69) is 15.4 Å². The zero-order chi connectivity index (χ0) is 18.9. The largest absolute Gasteiger partial charge is 0.417 e. The van der Waals surface area contributed by atoms with Gasteiger partial charge >= 0.3 is 6.18 Å². The lowest BCUT2D eigenvalue weighted by Gasteiger charge is -2.08. The molecule has 0 aliphatic rings. The van der Waals surface area contributed by atoms with Crippen LogP contribution >= 0.6 is 11.6 Å². The topological polar surface area (TPSA) is 59.8 Å². The fraction of sp³-hybridized carbons (Fsp3) is 0.118. The molecular weight excluding hydrogens is 369 g/mol. The summed E-state index contributed by atoms with van der Waals surface area (Å²) in [6, 6.07) is 8.69. The minimum Gasteiger partial charge on any atom is -0.322 e. The molecule has 1 amide bonds. The van der Waals surface area contributed by atoms with E-state index in [1.807, 2.05) is 0 Å². The standard InChI is InChI=1S/C17H12ClF3N4O/c1-10-14(16(26)24-13-5-3-12(18)4-6-13)9-23-25(10)15-7-2-11(8-22-15)17(19,20)21/h2-9H,1H3,(H,24,26). The van der Waals surface area contributed by atoms with Gasteiger partial charge in [0.25, 0.3) is 5.91 Å². The van der Waals surface area contributed by atoms with E-state index in [-0.39, 0.29) is 11.4 Å².